The van der Waals surface area contributed by atoms with Gasteiger partial charge in [0.15, 0.2) is 0 Å². The van der Waals surface area contributed by atoms with Crippen molar-refractivity contribution in [1.29, 1.82) is 0 Å². The van der Waals surface area contributed by atoms with Crippen molar-refractivity contribution in [2.24, 2.45) is 0 Å². The number of hydrogen-bond donors (Lipinski definition) is 2. The first-order chi connectivity index (χ1) is 13.1. The zero-order valence-electron chi connectivity index (χ0n) is 15.9. The lowest BCUT2D eigenvalue weighted by Crippen LogP contribution is -2.41. The molecule has 2 aromatic carbocycles. The molecule has 0 aromatic heterocycles. The van der Waals surface area contributed by atoms with Crippen molar-refractivity contribution in [3.63, 3.8) is 0 Å². The number of carbonyl (C=O) groups is 2. The quantitative estimate of drug-likeness (QED) is 0.827. The van der Waals surface area contributed by atoms with Gasteiger partial charge in [-0.2, -0.15) is 0 Å². The van der Waals surface area contributed by atoms with Crippen LogP contribution >= 0.6 is 0 Å². The van der Waals surface area contributed by atoms with Crippen molar-refractivity contribution in [2.75, 3.05) is 13.6 Å². The van der Waals surface area contributed by atoms with Crippen LogP contribution in [0.4, 0.5) is 0 Å². The van der Waals surface area contributed by atoms with Crippen molar-refractivity contribution >= 4 is 11.8 Å². The van der Waals surface area contributed by atoms with Crippen LogP contribution in [-0.4, -0.2) is 42.4 Å². The molecular formula is C22H27N3O2. The van der Waals surface area contributed by atoms with E-state index >= 15 is 0 Å². The Bertz CT molecular complexity index is 774. The Hall–Kier alpha value is -2.66. The number of rotatable bonds is 6. The summed E-state index contributed by atoms with van der Waals surface area (Å²) < 4.78 is 0. The number of benzene rings is 2. The average molecular weight is 365 g/mol. The topological polar surface area (TPSA) is 61.4 Å². The van der Waals surface area contributed by atoms with Gasteiger partial charge in [0.1, 0.15) is 0 Å². The predicted molar refractivity (Wildman–Crippen MR) is 107 cm³/mol. The molecule has 0 saturated carbocycles. The monoisotopic (exact) mass is 365 g/mol. The molecule has 2 amide bonds. The first-order valence-corrected chi connectivity index (χ1v) is 9.48. The van der Waals surface area contributed by atoms with Crippen molar-refractivity contribution in [3.8, 4) is 11.1 Å². The van der Waals surface area contributed by atoms with E-state index in [1.165, 1.54) is 5.56 Å². The molecule has 2 aromatic rings. The molecule has 1 aliphatic rings. The van der Waals surface area contributed by atoms with Crippen molar-refractivity contribution in [1.82, 2.24) is 15.5 Å². The lowest BCUT2D eigenvalue weighted by Gasteiger charge is -2.18. The van der Waals surface area contributed by atoms with Crippen molar-refractivity contribution < 1.29 is 9.59 Å². The predicted octanol–water partition coefficient (Wildman–Crippen LogP) is 2.57. The molecule has 0 radical (unpaired) electrons. The van der Waals surface area contributed by atoms with Gasteiger partial charge in [-0.05, 0) is 30.2 Å². The van der Waals surface area contributed by atoms with Crippen LogP contribution in [0, 0.1) is 0 Å². The maximum atomic E-state index is 12.6. The molecule has 2 N–H and O–H groups in total. The molecule has 142 valence electrons. The highest BCUT2D eigenvalue weighted by Crippen LogP contribution is 2.20. The number of carbonyl (C=O) groups excluding carboxylic acids is 2. The molecule has 1 heterocycles. The van der Waals surface area contributed by atoms with Gasteiger partial charge in [-0.25, -0.2) is 0 Å². The van der Waals surface area contributed by atoms with E-state index in [2.05, 4.69) is 34.9 Å². The van der Waals surface area contributed by atoms with Gasteiger partial charge < -0.3 is 10.6 Å². The minimum Gasteiger partial charge on any atom is -0.352 e. The largest absolute Gasteiger partial charge is 0.352 e. The molecule has 1 aliphatic heterocycles. The SMILES string of the molecule is CCC(=O)NC1CC(C(=O)NCc2ccc(-c3ccccc3)cc2)N(C)C1. The van der Waals surface area contributed by atoms with Crippen molar-refractivity contribution in [2.45, 2.75) is 38.4 Å². The van der Waals surface area contributed by atoms with Crippen LogP contribution in [0.3, 0.4) is 0 Å². The standard InChI is InChI=1S/C22H27N3O2/c1-3-21(26)24-19-13-20(25(2)15-19)22(27)23-14-16-9-11-18(12-10-16)17-7-5-4-6-8-17/h4-12,19-20H,3,13-15H2,1-2H3,(H,23,27)(H,24,26). The molecule has 0 bridgehead atoms. The van der Waals surface area contributed by atoms with Crippen LogP contribution in [0.2, 0.25) is 0 Å². The normalized spacial score (nSPS) is 19.6. The first-order valence-electron chi connectivity index (χ1n) is 9.48. The van der Waals surface area contributed by atoms with E-state index in [-0.39, 0.29) is 23.9 Å². The van der Waals surface area contributed by atoms with Gasteiger partial charge in [-0.15, -0.1) is 0 Å². The second-order valence-electron chi connectivity index (χ2n) is 7.09. The van der Waals surface area contributed by atoms with E-state index in [0.29, 0.717) is 25.9 Å². The zero-order chi connectivity index (χ0) is 19.2. The summed E-state index contributed by atoms with van der Waals surface area (Å²) in [5.74, 6) is 0.0471. The smallest absolute Gasteiger partial charge is 0.237 e. The maximum Gasteiger partial charge on any atom is 0.237 e. The van der Waals surface area contributed by atoms with E-state index in [4.69, 9.17) is 0 Å². The Morgan fingerprint density at radius 2 is 1.70 bits per heavy atom. The summed E-state index contributed by atoms with van der Waals surface area (Å²) in [4.78, 5) is 26.1. The van der Waals surface area contributed by atoms with Gasteiger partial charge in [0, 0.05) is 25.6 Å². The summed E-state index contributed by atoms with van der Waals surface area (Å²) in [5, 5.41) is 6.00. The average Bonchev–Trinajstić information content (AvgIpc) is 3.07. The van der Waals surface area contributed by atoms with Crippen molar-refractivity contribution in [3.05, 3.63) is 60.2 Å². The fourth-order valence-corrected chi connectivity index (χ4v) is 3.49. The van der Waals surface area contributed by atoms with Crippen LogP contribution in [0.15, 0.2) is 54.6 Å². The number of likely N-dealkylation sites (tertiary alicyclic amines) is 1. The summed E-state index contributed by atoms with van der Waals surface area (Å²) >= 11 is 0. The second-order valence-corrected chi connectivity index (χ2v) is 7.09. The third kappa shape index (κ3) is 4.95. The summed E-state index contributed by atoms with van der Waals surface area (Å²) in [6.45, 7) is 3.04. The van der Waals surface area contributed by atoms with E-state index < -0.39 is 0 Å². The number of hydrogen-bond acceptors (Lipinski definition) is 3. The highest BCUT2D eigenvalue weighted by Gasteiger charge is 2.34. The zero-order valence-corrected chi connectivity index (χ0v) is 15.9. The Labute approximate surface area is 160 Å². The molecule has 1 fully saturated rings. The van der Waals surface area contributed by atoms with Gasteiger partial charge in [-0.3, -0.25) is 14.5 Å². The third-order valence-electron chi connectivity index (χ3n) is 5.06. The molecule has 2 unspecified atom stereocenters. The van der Waals surface area contributed by atoms with E-state index in [1.54, 1.807) is 0 Å². The van der Waals surface area contributed by atoms with E-state index in [0.717, 1.165) is 11.1 Å². The number of amides is 2. The third-order valence-corrected chi connectivity index (χ3v) is 5.06. The summed E-state index contributed by atoms with van der Waals surface area (Å²) in [7, 11) is 1.93. The Morgan fingerprint density at radius 1 is 1.04 bits per heavy atom. The van der Waals surface area contributed by atoms with Gasteiger partial charge >= 0.3 is 0 Å². The summed E-state index contributed by atoms with van der Waals surface area (Å²) in [6, 6.07) is 18.3. The second kappa shape index (κ2) is 8.82. The van der Waals surface area contributed by atoms with Gasteiger partial charge in [0.25, 0.3) is 0 Å². The molecular weight excluding hydrogens is 338 g/mol. The highest BCUT2D eigenvalue weighted by atomic mass is 16.2. The molecule has 0 aliphatic carbocycles. The van der Waals surface area contributed by atoms with Gasteiger partial charge in [0.05, 0.1) is 6.04 Å². The minimum atomic E-state index is -0.198. The van der Waals surface area contributed by atoms with Crippen LogP contribution < -0.4 is 10.6 Å². The first kappa shape index (κ1) is 19.1. The number of nitrogens with zero attached hydrogens (tertiary/aromatic N) is 1. The Balaban J connectivity index is 1.52. The fraction of sp³-hybridized carbons (Fsp3) is 0.364. The van der Waals surface area contributed by atoms with Crippen LogP contribution in [0.5, 0.6) is 0 Å². The summed E-state index contributed by atoms with van der Waals surface area (Å²) in [6.07, 6.45) is 1.12. The van der Waals surface area contributed by atoms with Crippen LogP contribution in [0.25, 0.3) is 11.1 Å². The maximum absolute atomic E-state index is 12.6. The fourth-order valence-electron chi connectivity index (χ4n) is 3.49. The highest BCUT2D eigenvalue weighted by molar-refractivity contribution is 5.82. The Morgan fingerprint density at radius 3 is 2.37 bits per heavy atom. The molecule has 5 heteroatoms. The van der Waals surface area contributed by atoms with E-state index in [9.17, 15) is 9.59 Å². The molecule has 1 saturated heterocycles. The van der Waals surface area contributed by atoms with Gasteiger partial charge in [0.2, 0.25) is 11.8 Å². The summed E-state index contributed by atoms with van der Waals surface area (Å²) in [5.41, 5.74) is 3.41. The minimum absolute atomic E-state index is 0.0119. The van der Waals surface area contributed by atoms with Gasteiger partial charge in [-0.1, -0.05) is 61.5 Å². The Kier molecular flexibility index (Phi) is 6.24. The lowest BCUT2D eigenvalue weighted by atomic mass is 10.0. The molecule has 5 nitrogen and oxygen atoms in total. The molecule has 0 spiro atoms. The molecule has 27 heavy (non-hydrogen) atoms. The molecule has 2 atom stereocenters. The van der Waals surface area contributed by atoms with Crippen LogP contribution in [-0.2, 0) is 16.1 Å². The molecule has 3 rings (SSSR count). The number of nitrogens with one attached hydrogen (secondary N) is 2. The lowest BCUT2D eigenvalue weighted by molar-refractivity contribution is -0.125. The van der Waals surface area contributed by atoms with E-state index in [1.807, 2.05) is 49.2 Å². The number of likely N-dealkylation sites (N-methyl/N-ethyl adjacent to an activating group) is 1. The van der Waals surface area contributed by atoms with Crippen LogP contribution in [0.1, 0.15) is 25.3 Å².